The Kier molecular flexibility index (Phi) is 5.36. The molecule has 104 valence electrons. The Morgan fingerprint density at radius 2 is 1.60 bits per heavy atom. The van der Waals surface area contributed by atoms with E-state index in [2.05, 4.69) is 31.2 Å². The highest BCUT2D eigenvalue weighted by molar-refractivity contribution is 5.94. The molecule has 1 unspecified atom stereocenters. The van der Waals surface area contributed by atoms with Gasteiger partial charge in [0.15, 0.2) is 0 Å². The number of ether oxygens (including phenoxy) is 1. The lowest BCUT2D eigenvalue weighted by atomic mass is 10.1. The fourth-order valence-corrected chi connectivity index (χ4v) is 2.11. The second-order valence-electron chi connectivity index (χ2n) is 4.77. The molecule has 0 fully saturated rings. The summed E-state index contributed by atoms with van der Waals surface area (Å²) in [5, 5.41) is 0. The fourth-order valence-electron chi connectivity index (χ4n) is 2.11. The number of aliphatic imine (C=N–C) groups is 1. The van der Waals surface area contributed by atoms with E-state index in [-0.39, 0.29) is 6.04 Å². The minimum absolute atomic E-state index is 0.194. The molecule has 1 atom stereocenters. The third-order valence-electron chi connectivity index (χ3n) is 3.01. The highest BCUT2D eigenvalue weighted by atomic mass is 16.5. The maximum absolute atomic E-state index is 5.69. The second kappa shape index (κ2) is 7.49. The fraction of sp³-hybridized carbons (Fsp3) is 0.278. The van der Waals surface area contributed by atoms with Crippen molar-refractivity contribution in [2.24, 2.45) is 4.99 Å². The van der Waals surface area contributed by atoms with Gasteiger partial charge in [0.05, 0.1) is 12.6 Å². The van der Waals surface area contributed by atoms with Crippen LogP contribution < -0.4 is 0 Å². The van der Waals surface area contributed by atoms with Crippen LogP contribution in [0.5, 0.6) is 0 Å². The Bertz CT molecular complexity index is 534. The van der Waals surface area contributed by atoms with E-state index < -0.39 is 0 Å². The lowest BCUT2D eigenvalue weighted by molar-refractivity contribution is 0.325. The van der Waals surface area contributed by atoms with Gasteiger partial charge < -0.3 is 4.74 Å². The molecule has 0 aliphatic heterocycles. The van der Waals surface area contributed by atoms with Gasteiger partial charge in [0.25, 0.3) is 0 Å². The Morgan fingerprint density at radius 3 is 2.20 bits per heavy atom. The Balaban J connectivity index is 2.12. The van der Waals surface area contributed by atoms with Gasteiger partial charge in [0, 0.05) is 5.56 Å². The molecule has 0 aliphatic carbocycles. The van der Waals surface area contributed by atoms with E-state index in [1.54, 1.807) is 0 Å². The standard InChI is InChI=1S/C18H21NO/c1-3-20-18(17-12-8-5-9-13-17)19-15(2)14-16-10-6-4-7-11-16/h4-13,15H,3,14H2,1-2H3. The molecule has 2 rings (SSSR count). The molecule has 2 nitrogen and oxygen atoms in total. The van der Waals surface area contributed by atoms with Crippen molar-refractivity contribution < 1.29 is 4.74 Å². The van der Waals surface area contributed by atoms with Gasteiger partial charge in [0.2, 0.25) is 5.90 Å². The molecule has 0 radical (unpaired) electrons. The van der Waals surface area contributed by atoms with Crippen LogP contribution in [-0.2, 0) is 11.2 Å². The lowest BCUT2D eigenvalue weighted by Crippen LogP contribution is -2.13. The predicted molar refractivity (Wildman–Crippen MR) is 84.2 cm³/mol. The van der Waals surface area contributed by atoms with E-state index in [0.29, 0.717) is 6.61 Å². The van der Waals surface area contributed by atoms with Crippen LogP contribution in [-0.4, -0.2) is 18.5 Å². The summed E-state index contributed by atoms with van der Waals surface area (Å²) in [6.45, 7) is 4.74. The summed E-state index contributed by atoms with van der Waals surface area (Å²) < 4.78 is 5.69. The van der Waals surface area contributed by atoms with Crippen molar-refractivity contribution in [1.29, 1.82) is 0 Å². The molecule has 0 spiro atoms. The molecular weight excluding hydrogens is 246 g/mol. The summed E-state index contributed by atoms with van der Waals surface area (Å²) in [5.74, 6) is 0.733. The summed E-state index contributed by atoms with van der Waals surface area (Å²) in [4.78, 5) is 4.73. The van der Waals surface area contributed by atoms with Crippen LogP contribution in [0.4, 0.5) is 0 Å². The van der Waals surface area contributed by atoms with Crippen molar-refractivity contribution in [3.05, 3.63) is 71.8 Å². The highest BCUT2D eigenvalue weighted by Gasteiger charge is 2.07. The third kappa shape index (κ3) is 4.23. The first-order valence-corrected chi connectivity index (χ1v) is 7.09. The van der Waals surface area contributed by atoms with Crippen molar-refractivity contribution in [1.82, 2.24) is 0 Å². The van der Waals surface area contributed by atoms with E-state index in [1.807, 2.05) is 43.3 Å². The van der Waals surface area contributed by atoms with E-state index in [1.165, 1.54) is 5.56 Å². The Morgan fingerprint density at radius 1 is 1.00 bits per heavy atom. The van der Waals surface area contributed by atoms with Crippen LogP contribution in [0, 0.1) is 0 Å². The van der Waals surface area contributed by atoms with Gasteiger partial charge >= 0.3 is 0 Å². The van der Waals surface area contributed by atoms with Crippen LogP contribution in [0.3, 0.4) is 0 Å². The van der Waals surface area contributed by atoms with Crippen LogP contribution in [0.1, 0.15) is 25.0 Å². The molecule has 2 aromatic rings. The maximum Gasteiger partial charge on any atom is 0.216 e. The number of rotatable bonds is 5. The predicted octanol–water partition coefficient (Wildman–Crippen LogP) is 4.10. The van der Waals surface area contributed by atoms with Gasteiger partial charge in [-0.1, -0.05) is 48.5 Å². The van der Waals surface area contributed by atoms with Crippen LogP contribution >= 0.6 is 0 Å². The molecule has 0 amide bonds. The quantitative estimate of drug-likeness (QED) is 0.590. The minimum atomic E-state index is 0.194. The Hall–Kier alpha value is -2.09. The second-order valence-corrected chi connectivity index (χ2v) is 4.77. The monoisotopic (exact) mass is 267 g/mol. The van der Waals surface area contributed by atoms with E-state index in [4.69, 9.17) is 9.73 Å². The molecule has 0 aromatic heterocycles. The number of hydrogen-bond acceptors (Lipinski definition) is 2. The smallest absolute Gasteiger partial charge is 0.216 e. The van der Waals surface area contributed by atoms with Crippen molar-refractivity contribution in [3.8, 4) is 0 Å². The number of nitrogens with zero attached hydrogens (tertiary/aromatic N) is 1. The zero-order valence-electron chi connectivity index (χ0n) is 12.1. The normalized spacial score (nSPS) is 13.0. The van der Waals surface area contributed by atoms with E-state index >= 15 is 0 Å². The molecule has 2 aromatic carbocycles. The maximum atomic E-state index is 5.69. The highest BCUT2D eigenvalue weighted by Crippen LogP contribution is 2.09. The van der Waals surface area contributed by atoms with Gasteiger partial charge in [-0.2, -0.15) is 0 Å². The molecule has 0 bridgehead atoms. The molecular formula is C18H21NO. The lowest BCUT2D eigenvalue weighted by Gasteiger charge is -2.12. The first-order valence-electron chi connectivity index (χ1n) is 7.09. The first kappa shape index (κ1) is 14.3. The number of hydrogen-bond donors (Lipinski definition) is 0. The van der Waals surface area contributed by atoms with Crippen molar-refractivity contribution in [2.45, 2.75) is 26.3 Å². The molecule has 20 heavy (non-hydrogen) atoms. The average molecular weight is 267 g/mol. The van der Waals surface area contributed by atoms with Crippen LogP contribution in [0.25, 0.3) is 0 Å². The molecule has 0 saturated heterocycles. The zero-order chi connectivity index (χ0) is 14.2. The zero-order valence-corrected chi connectivity index (χ0v) is 12.1. The summed E-state index contributed by atoms with van der Waals surface area (Å²) in [6.07, 6.45) is 0.921. The minimum Gasteiger partial charge on any atom is -0.478 e. The first-order chi connectivity index (χ1) is 9.79. The van der Waals surface area contributed by atoms with E-state index in [0.717, 1.165) is 17.9 Å². The molecule has 2 heteroatoms. The summed E-state index contributed by atoms with van der Waals surface area (Å²) in [6, 6.07) is 20.7. The van der Waals surface area contributed by atoms with Gasteiger partial charge in [-0.25, -0.2) is 4.99 Å². The summed E-state index contributed by atoms with van der Waals surface area (Å²) >= 11 is 0. The van der Waals surface area contributed by atoms with Crippen molar-refractivity contribution in [2.75, 3.05) is 6.61 Å². The summed E-state index contributed by atoms with van der Waals surface area (Å²) in [7, 11) is 0. The molecule has 0 aliphatic rings. The largest absolute Gasteiger partial charge is 0.478 e. The van der Waals surface area contributed by atoms with Crippen molar-refractivity contribution >= 4 is 5.90 Å². The van der Waals surface area contributed by atoms with Gasteiger partial charge in [-0.15, -0.1) is 0 Å². The van der Waals surface area contributed by atoms with E-state index in [9.17, 15) is 0 Å². The molecule has 0 heterocycles. The van der Waals surface area contributed by atoms with Crippen molar-refractivity contribution in [3.63, 3.8) is 0 Å². The number of benzene rings is 2. The van der Waals surface area contributed by atoms with Gasteiger partial charge in [-0.05, 0) is 38.0 Å². The SMILES string of the molecule is CCOC(=NC(C)Cc1ccccc1)c1ccccc1. The van der Waals surface area contributed by atoms with Gasteiger partial charge in [-0.3, -0.25) is 0 Å². The van der Waals surface area contributed by atoms with Crippen LogP contribution in [0.2, 0.25) is 0 Å². The average Bonchev–Trinajstić information content (AvgIpc) is 2.49. The van der Waals surface area contributed by atoms with Crippen LogP contribution in [0.15, 0.2) is 65.7 Å². The molecule has 0 N–H and O–H groups in total. The Labute approximate surface area is 121 Å². The van der Waals surface area contributed by atoms with Gasteiger partial charge in [0.1, 0.15) is 0 Å². The third-order valence-corrected chi connectivity index (χ3v) is 3.01. The molecule has 0 saturated carbocycles. The summed E-state index contributed by atoms with van der Waals surface area (Å²) in [5.41, 5.74) is 2.34. The topological polar surface area (TPSA) is 21.6 Å².